The number of hydrogen-bond donors (Lipinski definition) is 3. The summed E-state index contributed by atoms with van der Waals surface area (Å²) < 4.78 is 4.83. The number of carboxylic acids is 1. The number of H-pyrrole nitrogens is 1. The Morgan fingerprint density at radius 3 is 2.77 bits per heavy atom. The zero-order valence-corrected chi connectivity index (χ0v) is 13.2. The van der Waals surface area contributed by atoms with Gasteiger partial charge in [0, 0.05) is 36.1 Å². The minimum absolute atomic E-state index is 0.0996. The number of aromatic nitrogens is 1. The van der Waals surface area contributed by atoms with Crippen LogP contribution in [-0.4, -0.2) is 41.7 Å². The first-order valence-corrected chi connectivity index (χ1v) is 7.19. The Balaban J connectivity index is 2.25. The molecule has 0 saturated heterocycles. The standard InChI is InChI=1S/C14H14Cl2N2O4/c1-22-5-4-10(14(20)21)18-13(19)12-11(16)8-6-7(15)2-3-9(8)17-12/h2-3,6,10,17H,4-5H2,1H3,(H,18,19)(H,20,21). The predicted molar refractivity (Wildman–Crippen MR) is 83.7 cm³/mol. The third-order valence-corrected chi connectivity index (χ3v) is 3.77. The largest absolute Gasteiger partial charge is 0.480 e. The summed E-state index contributed by atoms with van der Waals surface area (Å²) >= 11 is 12.1. The van der Waals surface area contributed by atoms with Gasteiger partial charge in [-0.15, -0.1) is 0 Å². The van der Waals surface area contributed by atoms with E-state index in [-0.39, 0.29) is 23.7 Å². The van der Waals surface area contributed by atoms with E-state index in [1.807, 2.05) is 0 Å². The fourth-order valence-corrected chi connectivity index (χ4v) is 2.47. The molecule has 8 heteroatoms. The zero-order chi connectivity index (χ0) is 16.3. The molecule has 118 valence electrons. The van der Waals surface area contributed by atoms with Crippen LogP contribution in [0.2, 0.25) is 10.0 Å². The molecule has 3 N–H and O–H groups in total. The molecule has 1 unspecified atom stereocenters. The number of aromatic amines is 1. The van der Waals surface area contributed by atoms with Crippen molar-refractivity contribution in [3.05, 3.63) is 33.9 Å². The molecule has 1 aromatic heterocycles. The summed E-state index contributed by atoms with van der Waals surface area (Å²) in [6, 6.07) is 3.93. The first kappa shape index (κ1) is 16.6. The molecule has 6 nitrogen and oxygen atoms in total. The molecular weight excluding hydrogens is 331 g/mol. The lowest BCUT2D eigenvalue weighted by molar-refractivity contribution is -0.139. The highest BCUT2D eigenvalue weighted by Gasteiger charge is 2.23. The Morgan fingerprint density at radius 2 is 2.14 bits per heavy atom. The molecule has 0 aliphatic heterocycles. The number of methoxy groups -OCH3 is 1. The zero-order valence-electron chi connectivity index (χ0n) is 11.7. The van der Waals surface area contributed by atoms with Gasteiger partial charge in [-0.2, -0.15) is 0 Å². The second kappa shape index (κ2) is 7.00. The summed E-state index contributed by atoms with van der Waals surface area (Å²) in [5.41, 5.74) is 0.742. The third-order valence-electron chi connectivity index (χ3n) is 3.14. The summed E-state index contributed by atoms with van der Waals surface area (Å²) in [7, 11) is 1.46. The van der Waals surface area contributed by atoms with E-state index in [0.29, 0.717) is 15.9 Å². The molecule has 2 rings (SSSR count). The topological polar surface area (TPSA) is 91.4 Å². The Hall–Kier alpha value is -1.76. The van der Waals surface area contributed by atoms with Gasteiger partial charge in [-0.05, 0) is 18.2 Å². The number of ether oxygens (including phenoxy) is 1. The number of rotatable bonds is 6. The van der Waals surface area contributed by atoms with Crippen molar-refractivity contribution in [2.75, 3.05) is 13.7 Å². The van der Waals surface area contributed by atoms with E-state index in [1.165, 1.54) is 7.11 Å². The van der Waals surface area contributed by atoms with Crippen LogP contribution in [0.5, 0.6) is 0 Å². The Bertz CT molecular complexity index is 714. The van der Waals surface area contributed by atoms with E-state index in [4.69, 9.17) is 33.0 Å². The van der Waals surface area contributed by atoms with E-state index >= 15 is 0 Å². The van der Waals surface area contributed by atoms with Gasteiger partial charge >= 0.3 is 5.97 Å². The molecule has 0 saturated carbocycles. The number of nitrogens with one attached hydrogen (secondary N) is 2. The van der Waals surface area contributed by atoms with Crippen molar-refractivity contribution >= 4 is 46.0 Å². The molecule has 0 spiro atoms. The van der Waals surface area contributed by atoms with Crippen LogP contribution in [0.15, 0.2) is 18.2 Å². The van der Waals surface area contributed by atoms with Crippen molar-refractivity contribution < 1.29 is 19.4 Å². The van der Waals surface area contributed by atoms with Gasteiger partial charge in [0.15, 0.2) is 0 Å². The second-order valence-corrected chi connectivity index (χ2v) is 5.46. The number of halogens is 2. The number of carbonyl (C=O) groups is 2. The predicted octanol–water partition coefficient (Wildman–Crippen LogP) is 2.69. The van der Waals surface area contributed by atoms with Crippen molar-refractivity contribution in [1.82, 2.24) is 10.3 Å². The molecule has 0 aliphatic carbocycles. The minimum atomic E-state index is -1.14. The molecule has 2 aromatic rings. The van der Waals surface area contributed by atoms with E-state index in [9.17, 15) is 9.59 Å². The number of carbonyl (C=O) groups excluding carboxylic acids is 1. The van der Waals surface area contributed by atoms with Crippen LogP contribution in [0.1, 0.15) is 16.9 Å². The number of amides is 1. The van der Waals surface area contributed by atoms with Crippen LogP contribution in [0, 0.1) is 0 Å². The minimum Gasteiger partial charge on any atom is -0.480 e. The highest BCUT2D eigenvalue weighted by Crippen LogP contribution is 2.29. The SMILES string of the molecule is COCCC(NC(=O)c1[nH]c2ccc(Cl)cc2c1Cl)C(=O)O. The van der Waals surface area contributed by atoms with E-state index in [1.54, 1.807) is 18.2 Å². The van der Waals surface area contributed by atoms with Gasteiger partial charge in [0.1, 0.15) is 11.7 Å². The average molecular weight is 345 g/mol. The maximum Gasteiger partial charge on any atom is 0.326 e. The monoisotopic (exact) mass is 344 g/mol. The smallest absolute Gasteiger partial charge is 0.326 e. The molecule has 1 atom stereocenters. The fraction of sp³-hybridized carbons (Fsp3) is 0.286. The van der Waals surface area contributed by atoms with Gasteiger partial charge in [-0.1, -0.05) is 23.2 Å². The van der Waals surface area contributed by atoms with Gasteiger partial charge in [-0.3, -0.25) is 4.79 Å². The summed E-state index contributed by atoms with van der Waals surface area (Å²) in [5, 5.41) is 12.8. The van der Waals surface area contributed by atoms with E-state index in [2.05, 4.69) is 10.3 Å². The lowest BCUT2D eigenvalue weighted by Gasteiger charge is -2.13. The summed E-state index contributed by atoms with van der Waals surface area (Å²) in [4.78, 5) is 26.2. The molecule has 22 heavy (non-hydrogen) atoms. The first-order valence-electron chi connectivity index (χ1n) is 6.43. The number of fused-ring (bicyclic) bond motifs is 1. The lowest BCUT2D eigenvalue weighted by atomic mass is 10.2. The van der Waals surface area contributed by atoms with E-state index in [0.717, 1.165) is 0 Å². The molecule has 0 radical (unpaired) electrons. The van der Waals surface area contributed by atoms with Crippen LogP contribution in [0.4, 0.5) is 0 Å². The van der Waals surface area contributed by atoms with Crippen LogP contribution >= 0.6 is 23.2 Å². The quantitative estimate of drug-likeness (QED) is 0.751. The lowest BCUT2D eigenvalue weighted by Crippen LogP contribution is -2.41. The maximum absolute atomic E-state index is 12.2. The fourth-order valence-electron chi connectivity index (χ4n) is 2.01. The van der Waals surface area contributed by atoms with Gasteiger partial charge < -0.3 is 20.1 Å². The summed E-state index contributed by atoms with van der Waals surface area (Å²) in [6.45, 7) is 0.216. The van der Waals surface area contributed by atoms with Crippen molar-refractivity contribution in [3.8, 4) is 0 Å². The van der Waals surface area contributed by atoms with Gasteiger partial charge in [0.25, 0.3) is 5.91 Å². The summed E-state index contributed by atoms with van der Waals surface area (Å²) in [6.07, 6.45) is 0.154. The number of benzene rings is 1. The van der Waals surface area contributed by atoms with Crippen molar-refractivity contribution in [1.29, 1.82) is 0 Å². The molecule has 1 amide bonds. The number of hydrogen-bond acceptors (Lipinski definition) is 3. The Labute approximate surface area is 136 Å². The maximum atomic E-state index is 12.2. The van der Waals surface area contributed by atoms with Crippen molar-refractivity contribution in [2.24, 2.45) is 0 Å². The van der Waals surface area contributed by atoms with Crippen LogP contribution in [0.3, 0.4) is 0 Å². The van der Waals surface area contributed by atoms with Crippen LogP contribution < -0.4 is 5.32 Å². The molecule has 0 aliphatic rings. The molecule has 1 heterocycles. The number of aliphatic carboxylic acids is 1. The highest BCUT2D eigenvalue weighted by molar-refractivity contribution is 6.39. The second-order valence-electron chi connectivity index (χ2n) is 4.65. The first-order chi connectivity index (χ1) is 10.4. The van der Waals surface area contributed by atoms with Crippen LogP contribution in [0.25, 0.3) is 10.9 Å². The molecule has 0 fully saturated rings. The van der Waals surface area contributed by atoms with E-state index < -0.39 is 17.9 Å². The van der Waals surface area contributed by atoms with Crippen LogP contribution in [-0.2, 0) is 9.53 Å². The van der Waals surface area contributed by atoms with Crippen molar-refractivity contribution in [3.63, 3.8) is 0 Å². The molecule has 1 aromatic carbocycles. The Kier molecular flexibility index (Phi) is 5.28. The average Bonchev–Trinajstić information content (AvgIpc) is 2.80. The van der Waals surface area contributed by atoms with Crippen molar-refractivity contribution in [2.45, 2.75) is 12.5 Å². The normalized spacial score (nSPS) is 12.3. The van der Waals surface area contributed by atoms with Gasteiger partial charge in [-0.25, -0.2) is 4.79 Å². The third kappa shape index (κ3) is 3.52. The van der Waals surface area contributed by atoms with Gasteiger partial charge in [0.05, 0.1) is 5.02 Å². The molecule has 0 bridgehead atoms. The highest BCUT2D eigenvalue weighted by atomic mass is 35.5. The number of carboxylic acid groups (broad SMARTS) is 1. The Morgan fingerprint density at radius 1 is 1.41 bits per heavy atom. The summed E-state index contributed by atoms with van der Waals surface area (Å²) in [5.74, 6) is -1.73. The van der Waals surface area contributed by atoms with Gasteiger partial charge in [0.2, 0.25) is 0 Å². The molecular formula is C14H14Cl2N2O4.